The fraction of sp³-hybridized carbons (Fsp3) is 0.250. The van der Waals surface area contributed by atoms with Crippen LogP contribution in [0.5, 0.6) is 0 Å². The van der Waals surface area contributed by atoms with Crippen LogP contribution in [0.15, 0.2) is 59.6 Å². The summed E-state index contributed by atoms with van der Waals surface area (Å²) in [6.45, 7) is 1.02. The molecule has 0 radical (unpaired) electrons. The third kappa shape index (κ3) is 3.13. The third-order valence-corrected chi connectivity index (χ3v) is 4.40. The molecule has 24 heavy (non-hydrogen) atoms. The predicted molar refractivity (Wildman–Crippen MR) is 96.7 cm³/mol. The summed E-state index contributed by atoms with van der Waals surface area (Å²) in [6, 6.07) is 18.4. The Morgan fingerprint density at radius 2 is 1.71 bits per heavy atom. The minimum absolute atomic E-state index is 0.943. The molecule has 0 spiro atoms. The molecule has 1 aliphatic heterocycles. The topological polar surface area (TPSA) is 43.1 Å². The summed E-state index contributed by atoms with van der Waals surface area (Å²) in [7, 11) is 0. The van der Waals surface area contributed by atoms with Gasteiger partial charge in [0.15, 0.2) is 5.82 Å². The van der Waals surface area contributed by atoms with Crippen molar-refractivity contribution < 1.29 is 0 Å². The maximum Gasteiger partial charge on any atom is 0.163 e. The fourth-order valence-electron chi connectivity index (χ4n) is 3.08. The average Bonchev–Trinajstić information content (AvgIpc) is 2.89. The molecule has 0 saturated heterocycles. The lowest BCUT2D eigenvalue weighted by Crippen LogP contribution is -2.02. The van der Waals surface area contributed by atoms with Gasteiger partial charge in [0.2, 0.25) is 0 Å². The van der Waals surface area contributed by atoms with Gasteiger partial charge in [0.05, 0.1) is 5.69 Å². The Hall–Kier alpha value is -2.75. The van der Waals surface area contributed by atoms with Crippen LogP contribution in [0.3, 0.4) is 0 Å². The number of benzene rings is 2. The van der Waals surface area contributed by atoms with Gasteiger partial charge in [-0.1, -0.05) is 36.8 Å². The molecule has 4 nitrogen and oxygen atoms in total. The van der Waals surface area contributed by atoms with E-state index < -0.39 is 0 Å². The van der Waals surface area contributed by atoms with Crippen molar-refractivity contribution in [3.63, 3.8) is 0 Å². The molecule has 0 fully saturated rings. The molecular formula is C20H20N4. The van der Waals surface area contributed by atoms with Crippen molar-refractivity contribution in [2.45, 2.75) is 32.2 Å². The van der Waals surface area contributed by atoms with Gasteiger partial charge in [-0.3, -0.25) is 4.99 Å². The number of rotatable bonds is 3. The number of fused-ring (bicyclic) bond motifs is 1. The first kappa shape index (κ1) is 14.8. The highest BCUT2D eigenvalue weighted by Gasteiger charge is 2.15. The van der Waals surface area contributed by atoms with E-state index in [0.717, 1.165) is 41.4 Å². The molecule has 3 aromatic rings. The number of nitrogens with zero attached hydrogens (tertiary/aromatic N) is 4. The molecule has 0 N–H and O–H groups in total. The van der Waals surface area contributed by atoms with Crippen molar-refractivity contribution >= 4 is 11.9 Å². The predicted octanol–water partition coefficient (Wildman–Crippen LogP) is 4.42. The van der Waals surface area contributed by atoms with Crippen LogP contribution in [-0.4, -0.2) is 21.0 Å². The lowest BCUT2D eigenvalue weighted by Gasteiger charge is -2.07. The van der Waals surface area contributed by atoms with Gasteiger partial charge in [-0.25, -0.2) is 0 Å². The van der Waals surface area contributed by atoms with Crippen molar-refractivity contribution in [1.29, 1.82) is 0 Å². The molecule has 0 unspecified atom stereocenters. The molecule has 1 aromatic heterocycles. The number of aryl methyl sites for hydroxylation is 1. The second-order valence-corrected chi connectivity index (χ2v) is 6.12. The second kappa shape index (κ2) is 6.79. The highest BCUT2D eigenvalue weighted by Crippen LogP contribution is 2.24. The molecule has 1 aliphatic rings. The standard InChI is InChI=1S/C20H20N4/c1-3-7-16(8-4-1)15-21-18-12-10-17(11-13-18)20-23-22-19-9-5-2-6-14-24(19)20/h1,3-4,7-8,10-13,15H,2,5-6,9,14H2. The zero-order valence-corrected chi connectivity index (χ0v) is 13.6. The van der Waals surface area contributed by atoms with Gasteiger partial charge < -0.3 is 4.57 Å². The minimum atomic E-state index is 0.943. The van der Waals surface area contributed by atoms with Crippen LogP contribution in [0.1, 0.15) is 30.7 Å². The Kier molecular flexibility index (Phi) is 4.19. The number of aliphatic imine (C=N–C) groups is 1. The largest absolute Gasteiger partial charge is 0.311 e. The van der Waals surface area contributed by atoms with Crippen LogP contribution in [0.25, 0.3) is 11.4 Å². The van der Waals surface area contributed by atoms with Crippen molar-refractivity contribution in [2.24, 2.45) is 4.99 Å². The van der Waals surface area contributed by atoms with E-state index in [1.165, 1.54) is 19.3 Å². The summed E-state index contributed by atoms with van der Waals surface area (Å²) in [6.07, 6.45) is 6.61. The van der Waals surface area contributed by atoms with Crippen LogP contribution < -0.4 is 0 Å². The normalized spacial score (nSPS) is 14.5. The van der Waals surface area contributed by atoms with E-state index in [0.29, 0.717) is 0 Å². The SMILES string of the molecule is C(=Nc1ccc(-c2nnc3n2CCCCC3)cc1)c1ccccc1. The zero-order chi connectivity index (χ0) is 16.2. The van der Waals surface area contributed by atoms with Crippen molar-refractivity contribution in [1.82, 2.24) is 14.8 Å². The monoisotopic (exact) mass is 316 g/mol. The van der Waals surface area contributed by atoms with E-state index in [-0.39, 0.29) is 0 Å². The van der Waals surface area contributed by atoms with Gasteiger partial charge >= 0.3 is 0 Å². The van der Waals surface area contributed by atoms with Gasteiger partial charge in [-0.15, -0.1) is 10.2 Å². The fourth-order valence-corrected chi connectivity index (χ4v) is 3.08. The Balaban J connectivity index is 1.56. The summed E-state index contributed by atoms with van der Waals surface area (Å²) in [5.74, 6) is 2.10. The second-order valence-electron chi connectivity index (χ2n) is 6.12. The van der Waals surface area contributed by atoms with Crippen LogP contribution in [0.2, 0.25) is 0 Å². The highest BCUT2D eigenvalue weighted by atomic mass is 15.3. The maximum absolute atomic E-state index is 4.53. The lowest BCUT2D eigenvalue weighted by molar-refractivity contribution is 0.636. The number of aromatic nitrogens is 3. The number of hydrogen-bond acceptors (Lipinski definition) is 3. The van der Waals surface area contributed by atoms with Crippen molar-refractivity contribution in [3.8, 4) is 11.4 Å². The molecule has 0 aliphatic carbocycles. The zero-order valence-electron chi connectivity index (χ0n) is 13.6. The molecule has 0 saturated carbocycles. The summed E-state index contributed by atoms with van der Waals surface area (Å²) >= 11 is 0. The van der Waals surface area contributed by atoms with Gasteiger partial charge in [0.1, 0.15) is 5.82 Å². The Labute approximate surface area is 141 Å². The first-order chi connectivity index (χ1) is 11.9. The summed E-state index contributed by atoms with van der Waals surface area (Å²) in [4.78, 5) is 4.53. The summed E-state index contributed by atoms with van der Waals surface area (Å²) in [5, 5.41) is 8.78. The smallest absolute Gasteiger partial charge is 0.163 e. The van der Waals surface area contributed by atoms with E-state index in [2.05, 4.69) is 31.9 Å². The molecule has 2 aromatic carbocycles. The van der Waals surface area contributed by atoms with Crippen LogP contribution >= 0.6 is 0 Å². The van der Waals surface area contributed by atoms with E-state index >= 15 is 0 Å². The highest BCUT2D eigenvalue weighted by molar-refractivity contribution is 5.81. The molecule has 120 valence electrons. The minimum Gasteiger partial charge on any atom is -0.311 e. The summed E-state index contributed by atoms with van der Waals surface area (Å²) < 4.78 is 2.27. The first-order valence-electron chi connectivity index (χ1n) is 8.52. The van der Waals surface area contributed by atoms with Crippen molar-refractivity contribution in [3.05, 3.63) is 66.0 Å². The lowest BCUT2D eigenvalue weighted by atomic mass is 10.2. The quantitative estimate of drug-likeness (QED) is 0.671. The van der Waals surface area contributed by atoms with Crippen LogP contribution in [0.4, 0.5) is 5.69 Å². The maximum atomic E-state index is 4.53. The Morgan fingerprint density at radius 3 is 2.54 bits per heavy atom. The van der Waals surface area contributed by atoms with E-state index in [1.807, 2.05) is 48.7 Å². The van der Waals surface area contributed by atoms with Crippen molar-refractivity contribution in [2.75, 3.05) is 0 Å². The van der Waals surface area contributed by atoms with Gasteiger partial charge in [-0.2, -0.15) is 0 Å². The van der Waals surface area contributed by atoms with E-state index in [1.54, 1.807) is 0 Å². The molecule has 4 rings (SSSR count). The summed E-state index contributed by atoms with van der Waals surface area (Å²) in [5.41, 5.74) is 3.15. The molecule has 2 heterocycles. The molecule has 0 bridgehead atoms. The molecule has 0 atom stereocenters. The molecule has 4 heteroatoms. The first-order valence-corrected chi connectivity index (χ1v) is 8.52. The van der Waals surface area contributed by atoms with Gasteiger partial charge in [0, 0.05) is 24.7 Å². The van der Waals surface area contributed by atoms with Gasteiger partial charge in [0.25, 0.3) is 0 Å². The number of hydrogen-bond donors (Lipinski definition) is 0. The third-order valence-electron chi connectivity index (χ3n) is 4.40. The van der Waals surface area contributed by atoms with E-state index in [4.69, 9.17) is 0 Å². The molecule has 0 amide bonds. The van der Waals surface area contributed by atoms with E-state index in [9.17, 15) is 0 Å². The van der Waals surface area contributed by atoms with Crippen LogP contribution in [0, 0.1) is 0 Å². The Bertz CT molecular complexity index is 832. The average molecular weight is 316 g/mol. The Morgan fingerprint density at radius 1 is 0.875 bits per heavy atom. The van der Waals surface area contributed by atoms with Crippen LogP contribution in [-0.2, 0) is 13.0 Å². The van der Waals surface area contributed by atoms with Gasteiger partial charge in [-0.05, 0) is 42.7 Å². The molecular weight excluding hydrogens is 296 g/mol.